The second-order valence-corrected chi connectivity index (χ2v) is 7.32. The molecule has 1 aliphatic heterocycles. The summed E-state index contributed by atoms with van der Waals surface area (Å²) in [7, 11) is 0. The Bertz CT molecular complexity index is 1060. The van der Waals surface area contributed by atoms with Crippen molar-refractivity contribution in [3.63, 3.8) is 0 Å². The number of carbonyl (C=O) groups excluding carboxylic acids is 1. The summed E-state index contributed by atoms with van der Waals surface area (Å²) in [4.78, 5) is 29.3. The fourth-order valence-electron chi connectivity index (χ4n) is 3.54. The first kappa shape index (κ1) is 20.8. The number of imidazole rings is 1. The van der Waals surface area contributed by atoms with Gasteiger partial charge in [0.2, 0.25) is 5.91 Å². The van der Waals surface area contributed by atoms with Gasteiger partial charge in [-0.1, -0.05) is 12.1 Å². The van der Waals surface area contributed by atoms with Crippen LogP contribution in [0.2, 0.25) is 0 Å². The van der Waals surface area contributed by atoms with Gasteiger partial charge in [-0.2, -0.15) is 13.2 Å². The van der Waals surface area contributed by atoms with E-state index in [1.807, 2.05) is 23.8 Å². The zero-order valence-corrected chi connectivity index (χ0v) is 16.9. The van der Waals surface area contributed by atoms with E-state index in [4.69, 9.17) is 0 Å². The Hall–Kier alpha value is -3.43. The number of nitrogens with zero attached hydrogens (tertiary/aromatic N) is 6. The van der Waals surface area contributed by atoms with E-state index >= 15 is 0 Å². The first-order chi connectivity index (χ1) is 14.8. The normalized spacial score (nSPS) is 14.7. The fourth-order valence-corrected chi connectivity index (χ4v) is 3.54. The van der Waals surface area contributed by atoms with Crippen LogP contribution in [0.15, 0.2) is 49.1 Å². The number of piperazine rings is 1. The topological polar surface area (TPSA) is 67.2 Å². The Morgan fingerprint density at radius 3 is 2.29 bits per heavy atom. The van der Waals surface area contributed by atoms with Crippen LogP contribution in [-0.4, -0.2) is 56.5 Å². The molecule has 0 spiro atoms. The second-order valence-electron chi connectivity index (χ2n) is 7.32. The van der Waals surface area contributed by atoms with Crippen LogP contribution in [0, 0.1) is 6.92 Å². The maximum Gasteiger partial charge on any atom is 0.416 e. The predicted octanol–water partition coefficient (Wildman–Crippen LogP) is 2.88. The summed E-state index contributed by atoms with van der Waals surface area (Å²) in [6.45, 7) is 4.14. The number of benzene rings is 1. The van der Waals surface area contributed by atoms with Crippen LogP contribution < -0.4 is 4.90 Å². The molecule has 0 saturated carbocycles. The Morgan fingerprint density at radius 2 is 1.68 bits per heavy atom. The lowest BCUT2D eigenvalue weighted by molar-refractivity contribution is -0.137. The van der Waals surface area contributed by atoms with Gasteiger partial charge in [-0.15, -0.1) is 0 Å². The Kier molecular flexibility index (Phi) is 5.62. The highest BCUT2D eigenvalue weighted by Gasteiger charge is 2.30. The molecule has 10 heteroatoms. The monoisotopic (exact) mass is 430 g/mol. The molecule has 1 saturated heterocycles. The maximum atomic E-state index is 12.7. The number of hydrogen-bond donors (Lipinski definition) is 0. The third-order valence-corrected chi connectivity index (χ3v) is 5.30. The van der Waals surface area contributed by atoms with E-state index in [-0.39, 0.29) is 12.3 Å². The van der Waals surface area contributed by atoms with Crippen molar-refractivity contribution in [1.29, 1.82) is 0 Å². The summed E-state index contributed by atoms with van der Waals surface area (Å²) in [5.74, 6) is 2.22. The van der Waals surface area contributed by atoms with Crippen LogP contribution in [0.25, 0.3) is 5.82 Å². The highest BCUT2D eigenvalue weighted by atomic mass is 19.4. The van der Waals surface area contributed by atoms with Crippen molar-refractivity contribution in [2.45, 2.75) is 19.5 Å². The summed E-state index contributed by atoms with van der Waals surface area (Å²) >= 11 is 0. The third kappa shape index (κ3) is 4.68. The van der Waals surface area contributed by atoms with E-state index in [0.29, 0.717) is 31.7 Å². The van der Waals surface area contributed by atoms with Crippen molar-refractivity contribution in [2.75, 3.05) is 31.1 Å². The van der Waals surface area contributed by atoms with Crippen LogP contribution in [0.3, 0.4) is 0 Å². The summed E-state index contributed by atoms with van der Waals surface area (Å²) in [6, 6.07) is 6.62. The van der Waals surface area contributed by atoms with Crippen LogP contribution >= 0.6 is 0 Å². The van der Waals surface area contributed by atoms with Gasteiger partial charge in [-0.3, -0.25) is 9.36 Å². The lowest BCUT2D eigenvalue weighted by Crippen LogP contribution is -2.49. The highest BCUT2D eigenvalue weighted by molar-refractivity contribution is 5.79. The molecule has 0 aliphatic carbocycles. The molecule has 1 aliphatic rings. The number of hydrogen-bond acceptors (Lipinski definition) is 5. The third-order valence-electron chi connectivity index (χ3n) is 5.30. The predicted molar refractivity (Wildman–Crippen MR) is 108 cm³/mol. The molecule has 7 nitrogen and oxygen atoms in total. The molecule has 2 aromatic heterocycles. The second kappa shape index (κ2) is 8.37. The molecule has 1 amide bonds. The zero-order chi connectivity index (χ0) is 22.0. The molecule has 1 fully saturated rings. The van der Waals surface area contributed by atoms with Crippen LogP contribution in [0.4, 0.5) is 19.0 Å². The Morgan fingerprint density at radius 1 is 1.00 bits per heavy atom. The number of carbonyl (C=O) groups is 1. The molecule has 0 unspecified atom stereocenters. The summed E-state index contributed by atoms with van der Waals surface area (Å²) < 4.78 is 39.9. The number of amides is 1. The van der Waals surface area contributed by atoms with Crippen molar-refractivity contribution >= 4 is 11.7 Å². The van der Waals surface area contributed by atoms with E-state index in [9.17, 15) is 18.0 Å². The molecule has 4 rings (SSSR count). The number of rotatable bonds is 4. The van der Waals surface area contributed by atoms with Gasteiger partial charge in [0.05, 0.1) is 12.0 Å². The molecule has 0 N–H and O–H groups in total. The van der Waals surface area contributed by atoms with Crippen molar-refractivity contribution in [3.05, 3.63) is 66.0 Å². The molecule has 0 bridgehead atoms. The van der Waals surface area contributed by atoms with Crippen molar-refractivity contribution in [1.82, 2.24) is 24.4 Å². The largest absolute Gasteiger partial charge is 0.416 e. The first-order valence-corrected chi connectivity index (χ1v) is 9.82. The maximum absolute atomic E-state index is 12.7. The van der Waals surface area contributed by atoms with Crippen LogP contribution in [0.5, 0.6) is 0 Å². The van der Waals surface area contributed by atoms with Gasteiger partial charge in [0.1, 0.15) is 23.8 Å². The average molecular weight is 430 g/mol. The molecule has 0 atom stereocenters. The zero-order valence-electron chi connectivity index (χ0n) is 16.9. The Balaban J connectivity index is 1.35. The summed E-state index contributed by atoms with van der Waals surface area (Å²) in [6.07, 6.45) is 0.746. The average Bonchev–Trinajstić information content (AvgIpc) is 3.19. The van der Waals surface area contributed by atoms with Crippen LogP contribution in [0.1, 0.15) is 17.0 Å². The molecule has 31 heavy (non-hydrogen) atoms. The molecule has 3 heterocycles. The molecule has 3 aromatic rings. The van der Waals surface area contributed by atoms with Crippen LogP contribution in [-0.2, 0) is 17.4 Å². The van der Waals surface area contributed by atoms with E-state index in [1.54, 1.807) is 11.1 Å². The molecule has 0 radical (unpaired) electrons. The van der Waals surface area contributed by atoms with Gasteiger partial charge < -0.3 is 9.80 Å². The first-order valence-electron chi connectivity index (χ1n) is 9.82. The highest BCUT2D eigenvalue weighted by Crippen LogP contribution is 2.29. The minimum atomic E-state index is -4.38. The lowest BCUT2D eigenvalue weighted by Gasteiger charge is -2.35. The van der Waals surface area contributed by atoms with E-state index in [1.165, 1.54) is 18.5 Å². The molecule has 1 aromatic carbocycles. The van der Waals surface area contributed by atoms with E-state index in [2.05, 4.69) is 19.9 Å². The Labute approximate surface area is 177 Å². The summed E-state index contributed by atoms with van der Waals surface area (Å²) in [5.41, 5.74) is -0.149. The number of anilines is 1. The van der Waals surface area contributed by atoms with Gasteiger partial charge in [0, 0.05) is 44.6 Å². The minimum absolute atomic E-state index is 0.0791. The van der Waals surface area contributed by atoms with Gasteiger partial charge in [0.25, 0.3) is 0 Å². The fraction of sp³-hybridized carbons (Fsp3) is 0.333. The van der Waals surface area contributed by atoms with E-state index < -0.39 is 11.7 Å². The minimum Gasteiger partial charge on any atom is -0.353 e. The smallest absolute Gasteiger partial charge is 0.353 e. The number of aromatic nitrogens is 4. The van der Waals surface area contributed by atoms with E-state index in [0.717, 1.165) is 29.6 Å². The number of alkyl halides is 3. The quantitative estimate of drug-likeness (QED) is 0.637. The van der Waals surface area contributed by atoms with Gasteiger partial charge in [0.15, 0.2) is 0 Å². The van der Waals surface area contributed by atoms with Crippen molar-refractivity contribution in [2.24, 2.45) is 0 Å². The molecular weight excluding hydrogens is 409 g/mol. The summed E-state index contributed by atoms with van der Waals surface area (Å²) in [5, 5.41) is 0. The molecular formula is C21H21F3N6O. The van der Waals surface area contributed by atoms with Gasteiger partial charge >= 0.3 is 6.18 Å². The van der Waals surface area contributed by atoms with Gasteiger partial charge in [-0.05, 0) is 24.6 Å². The van der Waals surface area contributed by atoms with Crippen molar-refractivity contribution in [3.8, 4) is 5.82 Å². The number of halogens is 3. The van der Waals surface area contributed by atoms with Gasteiger partial charge in [-0.25, -0.2) is 15.0 Å². The lowest BCUT2D eigenvalue weighted by atomic mass is 10.1. The SMILES string of the molecule is Cc1nccn1-c1cc(N2CCN(C(=O)Cc3ccc(C(F)(F)F)cc3)CC2)ncn1. The van der Waals surface area contributed by atoms with Crippen molar-refractivity contribution < 1.29 is 18.0 Å². The molecule has 162 valence electrons. The standard InChI is InChI=1S/C21H21F3N6O/c1-15-25-6-7-30(15)19-13-18(26-14-27-19)28-8-10-29(11-9-28)20(31)12-16-2-4-17(5-3-16)21(22,23)24/h2-7,13-14H,8-12H2,1H3. The number of aryl methyl sites for hydroxylation is 1.